The van der Waals surface area contributed by atoms with E-state index in [1.165, 1.54) is 35.0 Å². The van der Waals surface area contributed by atoms with E-state index in [1.807, 2.05) is 44.2 Å². The van der Waals surface area contributed by atoms with E-state index in [0.29, 0.717) is 0 Å². The van der Waals surface area contributed by atoms with Gasteiger partial charge in [-0.25, -0.2) is 18.4 Å². The van der Waals surface area contributed by atoms with E-state index in [2.05, 4.69) is 4.98 Å². The van der Waals surface area contributed by atoms with E-state index in [4.69, 9.17) is 10.2 Å². The average Bonchev–Trinajstić information content (AvgIpc) is 2.95. The number of aromatic nitrogens is 2. The first-order chi connectivity index (χ1) is 19.1. The number of halogens is 2. The van der Waals surface area contributed by atoms with Gasteiger partial charge in [0.05, 0.1) is 6.04 Å². The third-order valence-corrected chi connectivity index (χ3v) is 5.73. The average molecular weight is 553 g/mol. The second kappa shape index (κ2) is 15.5. The third-order valence-electron chi connectivity index (χ3n) is 5.73. The van der Waals surface area contributed by atoms with Crippen LogP contribution in [0.1, 0.15) is 64.6 Å². The number of nitrogens with zero attached hydrogens (tertiary/aromatic N) is 1. The molecule has 2 aromatic carbocycles. The van der Waals surface area contributed by atoms with Crippen LogP contribution in [0.15, 0.2) is 94.8 Å². The van der Waals surface area contributed by atoms with Crippen molar-refractivity contribution < 1.29 is 28.6 Å². The van der Waals surface area contributed by atoms with Crippen LogP contribution in [0.3, 0.4) is 0 Å². The van der Waals surface area contributed by atoms with Crippen molar-refractivity contribution in [1.82, 2.24) is 9.55 Å². The molecule has 0 aliphatic heterocycles. The Morgan fingerprint density at radius 3 is 2.02 bits per heavy atom. The lowest BCUT2D eigenvalue weighted by molar-refractivity contribution is 0.0683. The number of aromatic carboxylic acids is 2. The fourth-order valence-electron chi connectivity index (χ4n) is 3.68. The quantitative estimate of drug-likeness (QED) is 0.276. The summed E-state index contributed by atoms with van der Waals surface area (Å²) in [5.74, 6) is -3.94. The molecule has 1 atom stereocenters. The number of hydrogen-bond acceptors (Lipinski definition) is 4. The number of carbonyl (C=O) groups is 2. The normalized spacial score (nSPS) is 10.8. The Morgan fingerprint density at radius 1 is 0.850 bits per heavy atom. The Labute approximate surface area is 229 Å². The summed E-state index contributed by atoms with van der Waals surface area (Å²) in [6.07, 6.45) is 5.46. The van der Waals surface area contributed by atoms with E-state index in [0.717, 1.165) is 36.5 Å². The molecule has 0 amide bonds. The van der Waals surface area contributed by atoms with Crippen molar-refractivity contribution in [1.29, 1.82) is 0 Å². The Bertz CT molecular complexity index is 1530. The minimum Gasteiger partial charge on any atom is -0.477 e. The molecule has 0 bridgehead atoms. The van der Waals surface area contributed by atoms with Crippen molar-refractivity contribution in [2.75, 3.05) is 0 Å². The standard InChI is InChI=1S/C16H17NO3.C8H8F2.C6H5NO3/c1-2-7-14(12-8-4-3-5-9-12)17-11-6-10-13(15(17)18)16(19)20;1-2-6-3-4-7(9)8(10)5-6;8-5-4(6(9)10)2-1-3-7-5/h3-6,8-11,14H,2,7H2,1H3,(H,19,20);3-5H,2H2,1H3;1-3H,(H,7,8)(H,9,10). The minimum absolute atomic E-state index is 0.131. The summed E-state index contributed by atoms with van der Waals surface area (Å²) in [5, 5.41) is 17.4. The Kier molecular flexibility index (Phi) is 12.2. The molecule has 2 aromatic heterocycles. The summed E-state index contributed by atoms with van der Waals surface area (Å²) in [6.45, 7) is 3.94. The van der Waals surface area contributed by atoms with Crippen molar-refractivity contribution in [2.24, 2.45) is 0 Å². The number of hydrogen-bond donors (Lipinski definition) is 3. The van der Waals surface area contributed by atoms with E-state index in [9.17, 15) is 28.0 Å². The number of pyridine rings is 2. The highest BCUT2D eigenvalue weighted by Crippen LogP contribution is 2.22. The molecule has 8 nitrogen and oxygen atoms in total. The number of nitrogens with one attached hydrogen (secondary N) is 1. The largest absolute Gasteiger partial charge is 0.477 e. The zero-order valence-corrected chi connectivity index (χ0v) is 22.0. The molecule has 0 saturated carbocycles. The SMILES string of the molecule is CCCC(c1ccccc1)n1cccc(C(=O)O)c1=O.CCc1ccc(F)c(F)c1.O=C(O)c1ccc[nH]c1=O. The molecule has 0 saturated heterocycles. The Hall–Kier alpha value is -4.86. The molecule has 4 rings (SSSR count). The molecule has 1 unspecified atom stereocenters. The van der Waals surface area contributed by atoms with Crippen LogP contribution in [-0.4, -0.2) is 31.7 Å². The Balaban J connectivity index is 0.000000235. The molecule has 4 aromatic rings. The molecule has 210 valence electrons. The molecule has 3 N–H and O–H groups in total. The first-order valence-electron chi connectivity index (χ1n) is 12.4. The van der Waals surface area contributed by atoms with Crippen LogP contribution in [0.5, 0.6) is 0 Å². The van der Waals surface area contributed by atoms with Gasteiger partial charge in [-0.05, 0) is 60.4 Å². The van der Waals surface area contributed by atoms with Crippen LogP contribution < -0.4 is 11.1 Å². The van der Waals surface area contributed by atoms with Crippen LogP contribution in [-0.2, 0) is 6.42 Å². The van der Waals surface area contributed by atoms with Crippen molar-refractivity contribution >= 4 is 11.9 Å². The lowest BCUT2D eigenvalue weighted by Gasteiger charge is -2.20. The number of carboxylic acid groups (broad SMARTS) is 2. The molecule has 0 spiro atoms. The van der Waals surface area contributed by atoms with Crippen molar-refractivity contribution in [3.8, 4) is 0 Å². The maximum atomic E-state index is 12.4. The molecular weight excluding hydrogens is 522 g/mol. The lowest BCUT2D eigenvalue weighted by atomic mass is 10.0. The van der Waals surface area contributed by atoms with Gasteiger partial charge in [0.25, 0.3) is 11.1 Å². The van der Waals surface area contributed by atoms with Gasteiger partial charge in [0, 0.05) is 12.4 Å². The summed E-state index contributed by atoms with van der Waals surface area (Å²) in [4.78, 5) is 46.4. The predicted molar refractivity (Wildman–Crippen MR) is 147 cm³/mol. The smallest absolute Gasteiger partial charge is 0.341 e. The number of carboxylic acids is 2. The highest BCUT2D eigenvalue weighted by molar-refractivity contribution is 5.87. The molecule has 2 heterocycles. The monoisotopic (exact) mass is 552 g/mol. The summed E-state index contributed by atoms with van der Waals surface area (Å²) >= 11 is 0. The first-order valence-corrected chi connectivity index (χ1v) is 12.4. The zero-order chi connectivity index (χ0) is 29.7. The topological polar surface area (TPSA) is 129 Å². The summed E-state index contributed by atoms with van der Waals surface area (Å²) in [6, 6.07) is 19.2. The van der Waals surface area contributed by atoms with Gasteiger partial charge < -0.3 is 19.8 Å². The van der Waals surface area contributed by atoms with Crippen molar-refractivity contribution in [3.05, 3.63) is 140 Å². The molecule has 0 fully saturated rings. The molecule has 0 aliphatic carbocycles. The number of aromatic amines is 1. The zero-order valence-electron chi connectivity index (χ0n) is 22.0. The van der Waals surface area contributed by atoms with Gasteiger partial charge in [-0.15, -0.1) is 0 Å². The summed E-state index contributed by atoms with van der Waals surface area (Å²) < 4.78 is 26.2. The van der Waals surface area contributed by atoms with Gasteiger partial charge in [-0.1, -0.05) is 56.7 Å². The van der Waals surface area contributed by atoms with Gasteiger partial charge in [0.1, 0.15) is 11.1 Å². The molecule has 10 heteroatoms. The minimum atomic E-state index is -1.21. The highest BCUT2D eigenvalue weighted by atomic mass is 19.2. The van der Waals surface area contributed by atoms with Crippen molar-refractivity contribution in [2.45, 2.75) is 39.2 Å². The second-order valence-corrected chi connectivity index (χ2v) is 8.47. The first kappa shape index (κ1) is 31.4. The van der Waals surface area contributed by atoms with E-state index < -0.39 is 34.7 Å². The summed E-state index contributed by atoms with van der Waals surface area (Å²) in [7, 11) is 0. The highest BCUT2D eigenvalue weighted by Gasteiger charge is 2.17. The fourth-order valence-corrected chi connectivity index (χ4v) is 3.68. The summed E-state index contributed by atoms with van der Waals surface area (Å²) in [5.41, 5.74) is 0.377. The predicted octanol–water partition coefficient (Wildman–Crippen LogP) is 5.54. The van der Waals surface area contributed by atoms with E-state index in [1.54, 1.807) is 18.3 Å². The lowest BCUT2D eigenvalue weighted by Crippen LogP contribution is -2.29. The Morgan fingerprint density at radius 2 is 1.50 bits per heavy atom. The van der Waals surface area contributed by atoms with Crippen LogP contribution in [0.25, 0.3) is 0 Å². The van der Waals surface area contributed by atoms with Gasteiger partial charge >= 0.3 is 11.9 Å². The molecule has 40 heavy (non-hydrogen) atoms. The molecule has 0 aliphatic rings. The van der Waals surface area contributed by atoms with E-state index >= 15 is 0 Å². The van der Waals surface area contributed by atoms with Gasteiger partial charge in [0.15, 0.2) is 11.6 Å². The molecule has 0 radical (unpaired) electrons. The fraction of sp³-hybridized carbons (Fsp3) is 0.200. The molecular formula is C30H30F2N2O6. The second-order valence-electron chi connectivity index (χ2n) is 8.47. The van der Waals surface area contributed by atoms with Crippen LogP contribution in [0.4, 0.5) is 8.78 Å². The maximum Gasteiger partial charge on any atom is 0.341 e. The number of aryl methyl sites for hydroxylation is 1. The van der Waals surface area contributed by atoms with Crippen LogP contribution in [0.2, 0.25) is 0 Å². The van der Waals surface area contributed by atoms with Crippen LogP contribution in [0, 0.1) is 11.6 Å². The number of benzene rings is 2. The van der Waals surface area contributed by atoms with Gasteiger partial charge in [-0.3, -0.25) is 9.59 Å². The van der Waals surface area contributed by atoms with Gasteiger partial charge in [-0.2, -0.15) is 0 Å². The van der Waals surface area contributed by atoms with E-state index in [-0.39, 0.29) is 17.2 Å². The number of rotatable bonds is 7. The van der Waals surface area contributed by atoms with Gasteiger partial charge in [0.2, 0.25) is 0 Å². The maximum absolute atomic E-state index is 12.4. The third kappa shape index (κ3) is 8.87. The number of H-pyrrole nitrogens is 1. The van der Waals surface area contributed by atoms with Crippen molar-refractivity contribution in [3.63, 3.8) is 0 Å². The van der Waals surface area contributed by atoms with Crippen LogP contribution >= 0.6 is 0 Å².